The standard InChI is InChI=1S/C18H17N5S/c1-12-4-6-15(7-5-12)20-21-16-8-10-17(11-9-16)22-23-18-19-13(2)14(3)24-18/h4-11H,1-3H3. The SMILES string of the molecule is Cc1ccc(N=Nc2ccc(N=Nc3nc(C)c(C)s3)cc2)cc1. The van der Waals surface area contributed by atoms with Crippen molar-refractivity contribution in [2.24, 2.45) is 20.5 Å². The number of aryl methyl sites for hydroxylation is 3. The van der Waals surface area contributed by atoms with Crippen LogP contribution in [0.1, 0.15) is 16.1 Å². The number of thiazole rings is 1. The van der Waals surface area contributed by atoms with Crippen LogP contribution >= 0.6 is 11.3 Å². The Morgan fingerprint density at radius 2 is 1.12 bits per heavy atom. The summed E-state index contributed by atoms with van der Waals surface area (Å²) in [5.41, 5.74) is 4.57. The number of azo groups is 2. The third-order valence-corrected chi connectivity index (χ3v) is 4.39. The molecule has 1 heterocycles. The molecule has 24 heavy (non-hydrogen) atoms. The van der Waals surface area contributed by atoms with Crippen molar-refractivity contribution in [1.29, 1.82) is 0 Å². The fourth-order valence-corrected chi connectivity index (χ4v) is 2.64. The Hall–Kier alpha value is -2.73. The molecule has 120 valence electrons. The predicted molar refractivity (Wildman–Crippen MR) is 97.6 cm³/mol. The van der Waals surface area contributed by atoms with E-state index < -0.39 is 0 Å². The van der Waals surface area contributed by atoms with Crippen molar-refractivity contribution in [2.45, 2.75) is 20.8 Å². The third kappa shape index (κ3) is 4.17. The molecule has 0 bridgehead atoms. The summed E-state index contributed by atoms with van der Waals surface area (Å²) >= 11 is 1.54. The van der Waals surface area contributed by atoms with Crippen LogP contribution in [0.3, 0.4) is 0 Å². The first-order valence-corrected chi connectivity index (χ1v) is 8.36. The summed E-state index contributed by atoms with van der Waals surface area (Å²) in [5.74, 6) is 0. The molecular weight excluding hydrogens is 318 g/mol. The van der Waals surface area contributed by atoms with Gasteiger partial charge in [0.1, 0.15) is 0 Å². The molecule has 0 aliphatic heterocycles. The second-order valence-electron chi connectivity index (χ2n) is 5.39. The van der Waals surface area contributed by atoms with Gasteiger partial charge in [-0.15, -0.1) is 10.2 Å². The monoisotopic (exact) mass is 335 g/mol. The second kappa shape index (κ2) is 7.23. The van der Waals surface area contributed by atoms with Crippen molar-refractivity contribution >= 4 is 33.5 Å². The molecule has 0 unspecified atom stereocenters. The fraction of sp³-hybridized carbons (Fsp3) is 0.167. The molecule has 0 aliphatic rings. The van der Waals surface area contributed by atoms with Gasteiger partial charge >= 0.3 is 0 Å². The summed E-state index contributed by atoms with van der Waals surface area (Å²) in [6, 6.07) is 15.4. The number of benzene rings is 2. The Morgan fingerprint density at radius 3 is 1.58 bits per heavy atom. The zero-order valence-corrected chi connectivity index (χ0v) is 14.6. The number of rotatable bonds is 4. The van der Waals surface area contributed by atoms with Crippen molar-refractivity contribution in [3.05, 3.63) is 64.7 Å². The lowest BCUT2D eigenvalue weighted by atomic mass is 10.2. The molecule has 0 fully saturated rings. The zero-order chi connectivity index (χ0) is 16.9. The molecule has 0 spiro atoms. The van der Waals surface area contributed by atoms with Gasteiger partial charge in [-0.1, -0.05) is 29.0 Å². The van der Waals surface area contributed by atoms with E-state index >= 15 is 0 Å². The maximum absolute atomic E-state index is 4.34. The van der Waals surface area contributed by atoms with E-state index in [4.69, 9.17) is 0 Å². The number of nitrogens with zero attached hydrogens (tertiary/aromatic N) is 5. The largest absolute Gasteiger partial charge is 0.230 e. The maximum Gasteiger partial charge on any atom is 0.230 e. The minimum atomic E-state index is 0.674. The lowest BCUT2D eigenvalue weighted by molar-refractivity contribution is 1.15. The molecule has 0 radical (unpaired) electrons. The van der Waals surface area contributed by atoms with Crippen LogP contribution in [0.2, 0.25) is 0 Å². The molecule has 0 amide bonds. The summed E-state index contributed by atoms with van der Waals surface area (Å²) in [7, 11) is 0. The number of hydrogen-bond donors (Lipinski definition) is 0. The first kappa shape index (κ1) is 16.1. The van der Waals surface area contributed by atoms with Crippen molar-refractivity contribution in [3.63, 3.8) is 0 Å². The van der Waals surface area contributed by atoms with E-state index in [1.54, 1.807) is 0 Å². The highest BCUT2D eigenvalue weighted by Crippen LogP contribution is 2.27. The average Bonchev–Trinajstić information content (AvgIpc) is 2.91. The van der Waals surface area contributed by atoms with E-state index in [0.717, 1.165) is 27.6 Å². The topological polar surface area (TPSA) is 62.3 Å². The summed E-state index contributed by atoms with van der Waals surface area (Å²) in [5, 5.41) is 17.5. The second-order valence-corrected chi connectivity index (χ2v) is 6.57. The minimum absolute atomic E-state index is 0.674. The van der Waals surface area contributed by atoms with Gasteiger partial charge in [0.15, 0.2) is 0 Å². The quantitative estimate of drug-likeness (QED) is 0.478. The van der Waals surface area contributed by atoms with Crippen LogP contribution in [0, 0.1) is 20.8 Å². The highest BCUT2D eigenvalue weighted by Gasteiger charge is 2.01. The van der Waals surface area contributed by atoms with E-state index in [9.17, 15) is 0 Å². The highest BCUT2D eigenvalue weighted by atomic mass is 32.1. The van der Waals surface area contributed by atoms with E-state index in [0.29, 0.717) is 5.13 Å². The Kier molecular flexibility index (Phi) is 4.86. The van der Waals surface area contributed by atoms with Crippen molar-refractivity contribution < 1.29 is 0 Å². The van der Waals surface area contributed by atoms with Gasteiger partial charge in [0.05, 0.1) is 22.8 Å². The fourth-order valence-electron chi connectivity index (χ4n) is 1.91. The van der Waals surface area contributed by atoms with Crippen molar-refractivity contribution in [3.8, 4) is 0 Å². The molecule has 0 saturated heterocycles. The Balaban J connectivity index is 1.67. The summed E-state index contributed by atoms with van der Waals surface area (Å²) in [6.07, 6.45) is 0. The third-order valence-electron chi connectivity index (χ3n) is 3.43. The predicted octanol–water partition coefficient (Wildman–Crippen LogP) is 6.90. The normalized spacial score (nSPS) is 11.6. The molecule has 1 aromatic heterocycles. The van der Waals surface area contributed by atoms with E-state index in [2.05, 4.69) is 25.4 Å². The number of aromatic nitrogens is 1. The van der Waals surface area contributed by atoms with Crippen LogP contribution < -0.4 is 0 Å². The Labute approximate surface area is 144 Å². The smallest absolute Gasteiger partial charge is 0.222 e. The van der Waals surface area contributed by atoms with E-state index in [1.165, 1.54) is 16.9 Å². The average molecular weight is 335 g/mol. The lowest BCUT2D eigenvalue weighted by Gasteiger charge is -1.95. The number of hydrogen-bond acceptors (Lipinski definition) is 6. The van der Waals surface area contributed by atoms with Crippen LogP contribution in [0.25, 0.3) is 0 Å². The summed E-state index contributed by atoms with van der Waals surface area (Å²) < 4.78 is 0. The lowest BCUT2D eigenvalue weighted by Crippen LogP contribution is -1.70. The van der Waals surface area contributed by atoms with Crippen LogP contribution in [0.15, 0.2) is 69.0 Å². The van der Waals surface area contributed by atoms with Crippen LogP contribution in [-0.2, 0) is 0 Å². The van der Waals surface area contributed by atoms with Crippen molar-refractivity contribution in [1.82, 2.24) is 4.98 Å². The van der Waals surface area contributed by atoms with Gasteiger partial charge in [-0.05, 0) is 57.2 Å². The molecule has 6 heteroatoms. The first-order valence-electron chi connectivity index (χ1n) is 7.54. The molecule has 0 aliphatic carbocycles. The molecule has 0 N–H and O–H groups in total. The van der Waals surface area contributed by atoms with Crippen LogP contribution in [-0.4, -0.2) is 4.98 Å². The molecular formula is C18H17N5S. The molecule has 0 saturated carbocycles. The first-order chi connectivity index (χ1) is 11.6. The van der Waals surface area contributed by atoms with Gasteiger partial charge in [-0.3, -0.25) is 0 Å². The maximum atomic E-state index is 4.34. The summed E-state index contributed by atoms with van der Waals surface area (Å²) in [4.78, 5) is 5.50. The van der Waals surface area contributed by atoms with E-state index in [1.807, 2.05) is 69.3 Å². The van der Waals surface area contributed by atoms with Gasteiger partial charge in [-0.25, -0.2) is 4.98 Å². The Morgan fingerprint density at radius 1 is 0.667 bits per heavy atom. The van der Waals surface area contributed by atoms with Gasteiger partial charge in [0.25, 0.3) is 0 Å². The van der Waals surface area contributed by atoms with Gasteiger partial charge in [0, 0.05) is 4.88 Å². The highest BCUT2D eigenvalue weighted by molar-refractivity contribution is 7.15. The van der Waals surface area contributed by atoms with Crippen LogP contribution in [0.5, 0.6) is 0 Å². The van der Waals surface area contributed by atoms with Crippen molar-refractivity contribution in [2.75, 3.05) is 0 Å². The Bertz CT molecular complexity index is 857. The molecule has 2 aromatic carbocycles. The van der Waals surface area contributed by atoms with E-state index in [-0.39, 0.29) is 0 Å². The van der Waals surface area contributed by atoms with Gasteiger partial charge in [-0.2, -0.15) is 10.2 Å². The molecule has 0 atom stereocenters. The van der Waals surface area contributed by atoms with Gasteiger partial charge < -0.3 is 0 Å². The minimum Gasteiger partial charge on any atom is -0.222 e. The summed E-state index contributed by atoms with van der Waals surface area (Å²) in [6.45, 7) is 6.04. The zero-order valence-electron chi connectivity index (χ0n) is 13.8. The molecule has 3 aromatic rings. The molecule has 5 nitrogen and oxygen atoms in total. The van der Waals surface area contributed by atoms with Gasteiger partial charge in [0.2, 0.25) is 5.13 Å². The van der Waals surface area contributed by atoms with Crippen LogP contribution in [0.4, 0.5) is 22.2 Å². The molecule has 3 rings (SSSR count).